The number of benzene rings is 1. The van der Waals surface area contributed by atoms with Gasteiger partial charge in [-0.2, -0.15) is 0 Å². The number of hydrogen-bond donors (Lipinski definition) is 1. The van der Waals surface area contributed by atoms with Crippen molar-refractivity contribution in [2.24, 2.45) is 0 Å². The van der Waals surface area contributed by atoms with Gasteiger partial charge in [-0.15, -0.1) is 0 Å². The SMILES string of the molecule is O=C(c1ccc([N+](=O)[O-])c(Cl)c1)N1CCC(O)CC1. The van der Waals surface area contributed by atoms with Crippen molar-refractivity contribution in [2.45, 2.75) is 18.9 Å². The fourth-order valence-electron chi connectivity index (χ4n) is 2.04. The van der Waals surface area contributed by atoms with Gasteiger partial charge in [0.05, 0.1) is 11.0 Å². The molecule has 0 bridgehead atoms. The van der Waals surface area contributed by atoms with Crippen LogP contribution in [0.25, 0.3) is 0 Å². The summed E-state index contributed by atoms with van der Waals surface area (Å²) in [6.07, 6.45) is 0.739. The molecule has 1 heterocycles. The zero-order chi connectivity index (χ0) is 14.0. The summed E-state index contributed by atoms with van der Waals surface area (Å²) >= 11 is 5.78. The normalized spacial score (nSPS) is 16.4. The molecule has 0 atom stereocenters. The van der Waals surface area contributed by atoms with Crippen molar-refractivity contribution in [1.29, 1.82) is 0 Å². The van der Waals surface area contributed by atoms with Gasteiger partial charge < -0.3 is 10.0 Å². The van der Waals surface area contributed by atoms with Crippen molar-refractivity contribution in [3.05, 3.63) is 38.9 Å². The summed E-state index contributed by atoms with van der Waals surface area (Å²) in [4.78, 5) is 23.8. The third-order valence-electron chi connectivity index (χ3n) is 3.14. The second-order valence-corrected chi connectivity index (χ2v) is 4.85. The van der Waals surface area contributed by atoms with Crippen LogP contribution >= 0.6 is 11.6 Å². The number of carbonyl (C=O) groups is 1. The molecule has 6 nitrogen and oxygen atoms in total. The third kappa shape index (κ3) is 3.02. The predicted molar refractivity (Wildman–Crippen MR) is 69.3 cm³/mol. The highest BCUT2D eigenvalue weighted by atomic mass is 35.5. The van der Waals surface area contributed by atoms with E-state index in [0.717, 1.165) is 0 Å². The van der Waals surface area contributed by atoms with Gasteiger partial charge in [0, 0.05) is 24.7 Å². The lowest BCUT2D eigenvalue weighted by atomic mass is 10.1. The second kappa shape index (κ2) is 5.54. The van der Waals surface area contributed by atoms with Crippen LogP contribution in [-0.2, 0) is 0 Å². The zero-order valence-corrected chi connectivity index (χ0v) is 10.8. The Labute approximate surface area is 114 Å². The first kappa shape index (κ1) is 13.8. The number of nitro groups is 1. The van der Waals surface area contributed by atoms with Gasteiger partial charge >= 0.3 is 0 Å². The standard InChI is InChI=1S/C12H13ClN2O4/c13-10-7-8(1-2-11(10)15(18)19)12(17)14-5-3-9(16)4-6-14/h1-2,7,9,16H,3-6H2. The largest absolute Gasteiger partial charge is 0.393 e. The first-order valence-electron chi connectivity index (χ1n) is 5.90. The summed E-state index contributed by atoms with van der Waals surface area (Å²) in [5, 5.41) is 20.0. The molecule has 1 saturated heterocycles. The maximum Gasteiger partial charge on any atom is 0.287 e. The number of halogens is 1. The van der Waals surface area contributed by atoms with E-state index in [1.807, 2.05) is 0 Å². The molecule has 0 unspecified atom stereocenters. The Kier molecular flexibility index (Phi) is 4.01. The quantitative estimate of drug-likeness (QED) is 0.663. The first-order valence-corrected chi connectivity index (χ1v) is 6.28. The molecule has 0 spiro atoms. The number of nitro benzene ring substituents is 1. The van der Waals surface area contributed by atoms with E-state index in [1.165, 1.54) is 18.2 Å². The Morgan fingerprint density at radius 2 is 2.05 bits per heavy atom. The van der Waals surface area contributed by atoms with E-state index in [1.54, 1.807) is 4.90 Å². The highest BCUT2D eigenvalue weighted by Gasteiger charge is 2.23. The highest BCUT2D eigenvalue weighted by Crippen LogP contribution is 2.26. The number of carbonyl (C=O) groups excluding carboxylic acids is 1. The van der Waals surface area contributed by atoms with Crippen molar-refractivity contribution in [1.82, 2.24) is 4.90 Å². The molecule has 1 aliphatic rings. The van der Waals surface area contributed by atoms with Crippen molar-refractivity contribution < 1.29 is 14.8 Å². The number of piperidine rings is 1. The average Bonchev–Trinajstić information content (AvgIpc) is 2.38. The molecule has 0 aliphatic carbocycles. The van der Waals surface area contributed by atoms with E-state index in [0.29, 0.717) is 31.5 Å². The fourth-order valence-corrected chi connectivity index (χ4v) is 2.29. The van der Waals surface area contributed by atoms with Crippen LogP contribution in [0.5, 0.6) is 0 Å². The van der Waals surface area contributed by atoms with E-state index in [4.69, 9.17) is 11.6 Å². The molecular formula is C12H13ClN2O4. The number of aliphatic hydroxyl groups is 1. The van der Waals surface area contributed by atoms with Crippen LogP contribution in [0.3, 0.4) is 0 Å². The molecule has 0 radical (unpaired) electrons. The number of aliphatic hydroxyl groups excluding tert-OH is 1. The molecule has 0 aromatic heterocycles. The van der Waals surface area contributed by atoms with E-state index in [-0.39, 0.29) is 22.7 Å². The molecule has 19 heavy (non-hydrogen) atoms. The van der Waals surface area contributed by atoms with Crippen LogP contribution in [0.2, 0.25) is 5.02 Å². The molecule has 1 amide bonds. The van der Waals surface area contributed by atoms with Crippen LogP contribution in [0.15, 0.2) is 18.2 Å². The van der Waals surface area contributed by atoms with Gasteiger partial charge in [0.1, 0.15) is 5.02 Å². The van der Waals surface area contributed by atoms with Crippen LogP contribution < -0.4 is 0 Å². The number of likely N-dealkylation sites (tertiary alicyclic amines) is 1. The number of amides is 1. The number of nitrogens with zero attached hydrogens (tertiary/aromatic N) is 2. The summed E-state index contributed by atoms with van der Waals surface area (Å²) in [5.74, 6) is -0.219. The van der Waals surface area contributed by atoms with Gasteiger partial charge in [-0.3, -0.25) is 14.9 Å². The number of rotatable bonds is 2. The van der Waals surface area contributed by atoms with Gasteiger partial charge in [-0.25, -0.2) is 0 Å². The Bertz CT molecular complexity index is 512. The summed E-state index contributed by atoms with van der Waals surface area (Å²) in [5.41, 5.74) is 0.110. The van der Waals surface area contributed by atoms with E-state index >= 15 is 0 Å². The lowest BCUT2D eigenvalue weighted by Crippen LogP contribution is -2.40. The highest BCUT2D eigenvalue weighted by molar-refractivity contribution is 6.33. The third-order valence-corrected chi connectivity index (χ3v) is 3.45. The molecular weight excluding hydrogens is 272 g/mol. The second-order valence-electron chi connectivity index (χ2n) is 4.45. The summed E-state index contributed by atoms with van der Waals surface area (Å²) < 4.78 is 0. The molecule has 1 aliphatic heterocycles. The minimum absolute atomic E-state index is 0.0482. The van der Waals surface area contributed by atoms with Gasteiger partial charge in [0.15, 0.2) is 0 Å². The summed E-state index contributed by atoms with van der Waals surface area (Å²) in [7, 11) is 0. The molecule has 1 N–H and O–H groups in total. The average molecular weight is 285 g/mol. The predicted octanol–water partition coefficient (Wildman–Crippen LogP) is 1.85. The van der Waals surface area contributed by atoms with E-state index in [9.17, 15) is 20.0 Å². The minimum Gasteiger partial charge on any atom is -0.393 e. The van der Waals surface area contributed by atoms with Crippen LogP contribution in [0, 0.1) is 10.1 Å². The Morgan fingerprint density at radius 1 is 1.42 bits per heavy atom. The fraction of sp³-hybridized carbons (Fsp3) is 0.417. The van der Waals surface area contributed by atoms with E-state index < -0.39 is 4.92 Å². The summed E-state index contributed by atoms with van der Waals surface area (Å²) in [6.45, 7) is 0.962. The lowest BCUT2D eigenvalue weighted by Gasteiger charge is -2.29. The van der Waals surface area contributed by atoms with Crippen molar-refractivity contribution in [2.75, 3.05) is 13.1 Å². The van der Waals surface area contributed by atoms with E-state index in [2.05, 4.69) is 0 Å². The van der Waals surface area contributed by atoms with Crippen LogP contribution in [0.1, 0.15) is 23.2 Å². The Hall–Kier alpha value is -1.66. The molecule has 1 aromatic rings. The van der Waals surface area contributed by atoms with Gasteiger partial charge in [0.25, 0.3) is 11.6 Å². The Balaban J connectivity index is 2.16. The molecule has 7 heteroatoms. The van der Waals surface area contributed by atoms with Crippen molar-refractivity contribution in [3.63, 3.8) is 0 Å². The zero-order valence-electron chi connectivity index (χ0n) is 10.1. The maximum absolute atomic E-state index is 12.2. The summed E-state index contributed by atoms with van der Waals surface area (Å²) in [6, 6.07) is 3.94. The molecule has 1 aromatic carbocycles. The van der Waals surface area contributed by atoms with Gasteiger partial charge in [0.2, 0.25) is 0 Å². The monoisotopic (exact) mass is 284 g/mol. The minimum atomic E-state index is -0.589. The van der Waals surface area contributed by atoms with Gasteiger partial charge in [-0.1, -0.05) is 11.6 Å². The molecule has 1 fully saturated rings. The van der Waals surface area contributed by atoms with Crippen molar-refractivity contribution >= 4 is 23.2 Å². The molecule has 102 valence electrons. The molecule has 0 saturated carbocycles. The topological polar surface area (TPSA) is 83.7 Å². The first-order chi connectivity index (χ1) is 8.99. The molecule has 2 rings (SSSR count). The van der Waals surface area contributed by atoms with Crippen LogP contribution in [0.4, 0.5) is 5.69 Å². The van der Waals surface area contributed by atoms with Crippen molar-refractivity contribution in [3.8, 4) is 0 Å². The van der Waals surface area contributed by atoms with Gasteiger partial charge in [-0.05, 0) is 25.0 Å². The lowest BCUT2D eigenvalue weighted by molar-refractivity contribution is -0.384. The number of hydrogen-bond acceptors (Lipinski definition) is 4. The van der Waals surface area contributed by atoms with Crippen LogP contribution in [-0.4, -0.2) is 40.0 Å². The Morgan fingerprint density at radius 3 is 2.58 bits per heavy atom. The smallest absolute Gasteiger partial charge is 0.287 e. The maximum atomic E-state index is 12.2.